The molecule has 2 heterocycles. The summed E-state index contributed by atoms with van der Waals surface area (Å²) in [7, 11) is 0. The molecule has 0 aliphatic rings. The van der Waals surface area contributed by atoms with Crippen LogP contribution in [0.25, 0.3) is 10.9 Å². The third kappa shape index (κ3) is 4.05. The second-order valence-corrected chi connectivity index (χ2v) is 7.93. The molecule has 1 N–H and O–H groups in total. The quantitative estimate of drug-likeness (QED) is 0.395. The Morgan fingerprint density at radius 2 is 1.53 bits per heavy atom. The Bertz CT molecular complexity index is 1360. The van der Waals surface area contributed by atoms with E-state index >= 15 is 0 Å². The third-order valence-corrected chi connectivity index (χ3v) is 5.72. The van der Waals surface area contributed by atoms with Crippen molar-refractivity contribution in [2.75, 3.05) is 5.32 Å². The van der Waals surface area contributed by atoms with Gasteiger partial charge in [0.05, 0.1) is 5.56 Å². The Hall–Kier alpha value is -4.12. The largest absolute Gasteiger partial charge is 0.342 e. The number of aromatic nitrogens is 3. The molecule has 0 spiro atoms. The molecule has 0 aliphatic carbocycles. The normalized spacial score (nSPS) is 11.0. The summed E-state index contributed by atoms with van der Waals surface area (Å²) in [5, 5.41) is 4.01. The molecule has 0 atom stereocenters. The van der Waals surface area contributed by atoms with Crippen molar-refractivity contribution in [3.05, 3.63) is 120 Å². The zero-order valence-electron chi connectivity index (χ0n) is 17.9. The average molecular weight is 421 g/mol. The summed E-state index contributed by atoms with van der Waals surface area (Å²) in [4.78, 5) is 17.4. The van der Waals surface area contributed by atoms with Gasteiger partial charge < -0.3 is 14.5 Å². The zero-order chi connectivity index (χ0) is 21.9. The molecule has 5 aromatic rings. The van der Waals surface area contributed by atoms with Crippen molar-refractivity contribution in [2.24, 2.45) is 0 Å². The number of amides is 1. The number of hydrogen-bond donors (Lipinski definition) is 1. The van der Waals surface area contributed by atoms with Crippen molar-refractivity contribution < 1.29 is 4.79 Å². The molecule has 158 valence electrons. The van der Waals surface area contributed by atoms with E-state index in [1.165, 1.54) is 5.56 Å². The Morgan fingerprint density at radius 1 is 0.844 bits per heavy atom. The molecule has 5 rings (SSSR count). The number of benzene rings is 3. The summed E-state index contributed by atoms with van der Waals surface area (Å²) < 4.78 is 4.23. The lowest BCUT2D eigenvalue weighted by molar-refractivity contribution is 0.102. The maximum Gasteiger partial charge on any atom is 0.257 e. The van der Waals surface area contributed by atoms with Crippen LogP contribution < -0.4 is 5.32 Å². The van der Waals surface area contributed by atoms with Crippen molar-refractivity contribution in [3.63, 3.8) is 0 Å². The molecule has 5 heteroatoms. The molecular weight excluding hydrogens is 396 g/mol. The minimum absolute atomic E-state index is 0.105. The van der Waals surface area contributed by atoms with Gasteiger partial charge in [-0.2, -0.15) is 0 Å². The molecule has 3 aromatic carbocycles. The standard InChI is InChI=1S/C27H24N4O/c1-20-28-15-16-30(20)17-22-11-13-23(14-12-22)29-27(32)25-19-31(18-21-7-3-2-4-8-21)26-10-6-5-9-24(25)26/h2-16,19H,17-18H2,1H3,(H,29,32). The first-order valence-electron chi connectivity index (χ1n) is 10.7. The number of fused-ring (bicyclic) bond motifs is 1. The molecule has 32 heavy (non-hydrogen) atoms. The van der Waals surface area contributed by atoms with Crippen LogP contribution in [0.3, 0.4) is 0 Å². The first-order valence-corrected chi connectivity index (χ1v) is 10.7. The first kappa shape index (κ1) is 19.8. The Kier molecular flexibility index (Phi) is 5.30. The predicted octanol–water partition coefficient (Wildman–Crippen LogP) is 5.50. The number of imidazole rings is 1. The summed E-state index contributed by atoms with van der Waals surface area (Å²) in [6.45, 7) is 3.47. The molecular formula is C27H24N4O. The highest BCUT2D eigenvalue weighted by Gasteiger charge is 2.15. The molecule has 0 bridgehead atoms. The topological polar surface area (TPSA) is 51.9 Å². The van der Waals surface area contributed by atoms with Crippen LogP contribution in [0.2, 0.25) is 0 Å². The predicted molar refractivity (Wildman–Crippen MR) is 128 cm³/mol. The van der Waals surface area contributed by atoms with Crippen molar-refractivity contribution in [1.29, 1.82) is 0 Å². The fourth-order valence-electron chi connectivity index (χ4n) is 4.00. The minimum atomic E-state index is -0.105. The van der Waals surface area contributed by atoms with Crippen LogP contribution in [0.1, 0.15) is 27.3 Å². The van der Waals surface area contributed by atoms with Gasteiger partial charge in [-0.15, -0.1) is 0 Å². The van der Waals surface area contributed by atoms with Gasteiger partial charge in [-0.05, 0) is 36.2 Å². The van der Waals surface area contributed by atoms with E-state index < -0.39 is 0 Å². The van der Waals surface area contributed by atoms with E-state index in [2.05, 4.69) is 37.6 Å². The lowest BCUT2D eigenvalue weighted by Crippen LogP contribution is -2.11. The monoisotopic (exact) mass is 420 g/mol. The number of carbonyl (C=O) groups excluding carboxylic acids is 1. The average Bonchev–Trinajstić information content (AvgIpc) is 3.39. The fraction of sp³-hybridized carbons (Fsp3) is 0.111. The SMILES string of the molecule is Cc1nccn1Cc1ccc(NC(=O)c2cn(Cc3ccccc3)c3ccccc23)cc1. The maximum absolute atomic E-state index is 13.1. The van der Waals surface area contributed by atoms with E-state index in [4.69, 9.17) is 0 Å². The van der Waals surface area contributed by atoms with Gasteiger partial charge >= 0.3 is 0 Å². The van der Waals surface area contributed by atoms with Crippen LogP contribution in [0.4, 0.5) is 5.69 Å². The van der Waals surface area contributed by atoms with Crippen molar-refractivity contribution in [1.82, 2.24) is 14.1 Å². The zero-order valence-corrected chi connectivity index (χ0v) is 17.9. The van der Waals surface area contributed by atoms with Crippen molar-refractivity contribution in [2.45, 2.75) is 20.0 Å². The number of hydrogen-bond acceptors (Lipinski definition) is 2. The minimum Gasteiger partial charge on any atom is -0.342 e. The van der Waals surface area contributed by atoms with Gasteiger partial charge in [0, 0.05) is 48.3 Å². The molecule has 0 saturated carbocycles. The molecule has 0 saturated heterocycles. The molecule has 2 aromatic heterocycles. The Labute approximate surface area is 187 Å². The third-order valence-electron chi connectivity index (χ3n) is 5.72. The van der Waals surface area contributed by atoms with E-state index in [0.29, 0.717) is 5.56 Å². The number of nitrogens with one attached hydrogen (secondary N) is 1. The molecule has 0 unspecified atom stereocenters. The number of anilines is 1. The van der Waals surface area contributed by atoms with Gasteiger partial charge in [0.15, 0.2) is 0 Å². The summed E-state index contributed by atoms with van der Waals surface area (Å²) in [6.07, 6.45) is 5.72. The number of carbonyl (C=O) groups is 1. The lowest BCUT2D eigenvalue weighted by atomic mass is 10.1. The van der Waals surface area contributed by atoms with Gasteiger partial charge in [0.2, 0.25) is 0 Å². The van der Waals surface area contributed by atoms with Crippen molar-refractivity contribution >= 4 is 22.5 Å². The van der Waals surface area contributed by atoms with Crippen LogP contribution >= 0.6 is 0 Å². The number of para-hydroxylation sites is 1. The van der Waals surface area contributed by atoms with Gasteiger partial charge in [-0.25, -0.2) is 4.98 Å². The van der Waals surface area contributed by atoms with E-state index in [-0.39, 0.29) is 5.91 Å². The van der Waals surface area contributed by atoms with Crippen LogP contribution in [0, 0.1) is 6.92 Å². The number of aryl methyl sites for hydroxylation is 1. The maximum atomic E-state index is 13.1. The molecule has 1 amide bonds. The van der Waals surface area contributed by atoms with Gasteiger partial charge in [0.25, 0.3) is 5.91 Å². The lowest BCUT2D eigenvalue weighted by Gasteiger charge is -2.08. The van der Waals surface area contributed by atoms with Gasteiger partial charge in [-0.1, -0.05) is 60.7 Å². The molecule has 0 aliphatic heterocycles. The van der Waals surface area contributed by atoms with Gasteiger partial charge in [0.1, 0.15) is 5.82 Å². The van der Waals surface area contributed by atoms with Crippen LogP contribution in [-0.4, -0.2) is 20.0 Å². The smallest absolute Gasteiger partial charge is 0.257 e. The Balaban J connectivity index is 1.36. The number of nitrogens with zero attached hydrogens (tertiary/aromatic N) is 3. The molecule has 0 fully saturated rings. The van der Waals surface area contributed by atoms with E-state index in [1.807, 2.05) is 80.0 Å². The van der Waals surface area contributed by atoms with E-state index in [9.17, 15) is 4.79 Å². The summed E-state index contributed by atoms with van der Waals surface area (Å²) in [6, 6.07) is 26.3. The summed E-state index contributed by atoms with van der Waals surface area (Å²) >= 11 is 0. The van der Waals surface area contributed by atoms with Crippen LogP contribution in [-0.2, 0) is 13.1 Å². The fourth-order valence-corrected chi connectivity index (χ4v) is 4.00. The van der Waals surface area contributed by atoms with E-state index in [1.54, 1.807) is 6.20 Å². The highest BCUT2D eigenvalue weighted by Crippen LogP contribution is 2.24. The van der Waals surface area contributed by atoms with Gasteiger partial charge in [-0.3, -0.25) is 4.79 Å². The second-order valence-electron chi connectivity index (χ2n) is 7.93. The van der Waals surface area contributed by atoms with Crippen molar-refractivity contribution in [3.8, 4) is 0 Å². The van der Waals surface area contributed by atoms with E-state index in [0.717, 1.165) is 41.1 Å². The highest BCUT2D eigenvalue weighted by molar-refractivity contribution is 6.13. The Morgan fingerprint density at radius 3 is 2.28 bits per heavy atom. The number of rotatable bonds is 6. The second kappa shape index (κ2) is 8.55. The highest BCUT2D eigenvalue weighted by atomic mass is 16.1. The molecule has 0 radical (unpaired) electrons. The van der Waals surface area contributed by atoms with Crippen LogP contribution in [0.15, 0.2) is 97.5 Å². The summed E-state index contributed by atoms with van der Waals surface area (Å²) in [5.74, 6) is 0.875. The molecule has 5 nitrogen and oxygen atoms in total. The van der Waals surface area contributed by atoms with Crippen LogP contribution in [0.5, 0.6) is 0 Å². The summed E-state index contributed by atoms with van der Waals surface area (Å²) in [5.41, 5.74) is 4.86. The first-order chi connectivity index (χ1) is 15.7.